The van der Waals surface area contributed by atoms with Crippen LogP contribution in [0.5, 0.6) is 0 Å². The first-order chi connectivity index (χ1) is 10.5. The predicted octanol–water partition coefficient (Wildman–Crippen LogP) is 1.96. The topological polar surface area (TPSA) is 115 Å². The molecule has 8 nitrogen and oxygen atoms in total. The summed E-state index contributed by atoms with van der Waals surface area (Å²) in [4.78, 5) is 34.2. The van der Waals surface area contributed by atoms with E-state index in [-0.39, 0.29) is 24.5 Å². The lowest BCUT2D eigenvalue weighted by Gasteiger charge is -2.09. The smallest absolute Gasteiger partial charge is 0.344 e. The maximum Gasteiger partial charge on any atom is 0.344 e. The minimum Gasteiger partial charge on any atom is -0.478 e. The van der Waals surface area contributed by atoms with Crippen molar-refractivity contribution in [3.8, 4) is 0 Å². The molecule has 1 aromatic carbocycles. The zero-order valence-corrected chi connectivity index (χ0v) is 12.2. The number of hydrogen-bond acceptors (Lipinski definition) is 7. The van der Waals surface area contributed by atoms with Crippen molar-refractivity contribution >= 4 is 23.6 Å². The van der Waals surface area contributed by atoms with E-state index in [1.54, 1.807) is 13.8 Å². The standard InChI is InChI=1S/C14H16N2O6/c1-3-21-13(19)11(14(20)22-4-2)16-15-10-7-5-6-9(8-10)12(17)18/h5-8,11H,3-4H2,1-2H3,(H,17,18). The molecular formula is C14H16N2O6. The van der Waals surface area contributed by atoms with Gasteiger partial charge in [0.05, 0.1) is 24.5 Å². The molecule has 22 heavy (non-hydrogen) atoms. The highest BCUT2D eigenvalue weighted by Gasteiger charge is 2.29. The summed E-state index contributed by atoms with van der Waals surface area (Å²) in [5.41, 5.74) is 0.207. The number of ether oxygens (including phenoxy) is 2. The lowest BCUT2D eigenvalue weighted by atomic mass is 10.2. The van der Waals surface area contributed by atoms with E-state index in [4.69, 9.17) is 14.6 Å². The van der Waals surface area contributed by atoms with Gasteiger partial charge in [0, 0.05) is 0 Å². The molecule has 0 atom stereocenters. The van der Waals surface area contributed by atoms with E-state index in [1.165, 1.54) is 24.3 Å². The van der Waals surface area contributed by atoms with Gasteiger partial charge in [0.15, 0.2) is 0 Å². The Morgan fingerprint density at radius 1 is 1.14 bits per heavy atom. The van der Waals surface area contributed by atoms with Crippen molar-refractivity contribution < 1.29 is 29.0 Å². The molecule has 0 fully saturated rings. The summed E-state index contributed by atoms with van der Waals surface area (Å²) in [7, 11) is 0. The van der Waals surface area contributed by atoms with Crippen molar-refractivity contribution in [3.05, 3.63) is 29.8 Å². The molecule has 0 heterocycles. The Morgan fingerprint density at radius 3 is 2.23 bits per heavy atom. The van der Waals surface area contributed by atoms with E-state index >= 15 is 0 Å². The minimum absolute atomic E-state index is 0.0141. The summed E-state index contributed by atoms with van der Waals surface area (Å²) in [6.45, 7) is 3.35. The van der Waals surface area contributed by atoms with Crippen molar-refractivity contribution in [2.45, 2.75) is 19.9 Å². The third-order valence-corrected chi connectivity index (χ3v) is 2.40. The molecule has 0 spiro atoms. The van der Waals surface area contributed by atoms with Gasteiger partial charge in [-0.25, -0.2) is 14.4 Å². The molecule has 0 aliphatic heterocycles. The van der Waals surface area contributed by atoms with Crippen LogP contribution in [0.4, 0.5) is 5.69 Å². The fourth-order valence-corrected chi connectivity index (χ4v) is 1.46. The van der Waals surface area contributed by atoms with Gasteiger partial charge < -0.3 is 14.6 Å². The number of carbonyl (C=O) groups is 3. The number of esters is 2. The lowest BCUT2D eigenvalue weighted by Crippen LogP contribution is -2.31. The summed E-state index contributed by atoms with van der Waals surface area (Å²) in [6.07, 6.45) is 0. The molecule has 0 unspecified atom stereocenters. The number of nitrogens with zero attached hydrogens (tertiary/aromatic N) is 2. The molecule has 8 heteroatoms. The fraction of sp³-hybridized carbons (Fsp3) is 0.357. The van der Waals surface area contributed by atoms with Crippen molar-refractivity contribution in [1.29, 1.82) is 0 Å². The average Bonchev–Trinajstić information content (AvgIpc) is 2.48. The second-order valence-corrected chi connectivity index (χ2v) is 3.98. The summed E-state index contributed by atoms with van der Waals surface area (Å²) < 4.78 is 9.47. The van der Waals surface area contributed by atoms with Gasteiger partial charge in [-0.3, -0.25) is 0 Å². The van der Waals surface area contributed by atoms with Crippen molar-refractivity contribution in [1.82, 2.24) is 0 Å². The summed E-state index contributed by atoms with van der Waals surface area (Å²) in [6, 6.07) is 4.08. The highest BCUT2D eigenvalue weighted by Crippen LogP contribution is 2.16. The second-order valence-electron chi connectivity index (χ2n) is 3.98. The predicted molar refractivity (Wildman–Crippen MR) is 75.0 cm³/mol. The Bertz CT molecular complexity index is 566. The first-order valence-corrected chi connectivity index (χ1v) is 6.57. The van der Waals surface area contributed by atoms with E-state index in [2.05, 4.69) is 10.2 Å². The van der Waals surface area contributed by atoms with Crippen molar-refractivity contribution in [2.24, 2.45) is 10.2 Å². The van der Waals surface area contributed by atoms with E-state index < -0.39 is 23.9 Å². The van der Waals surface area contributed by atoms with Gasteiger partial charge in [0.1, 0.15) is 0 Å². The van der Waals surface area contributed by atoms with Gasteiger partial charge in [-0.15, -0.1) is 0 Å². The van der Waals surface area contributed by atoms with Crippen LogP contribution >= 0.6 is 0 Å². The molecule has 0 saturated heterocycles. The van der Waals surface area contributed by atoms with Gasteiger partial charge in [0.25, 0.3) is 6.04 Å². The zero-order valence-electron chi connectivity index (χ0n) is 12.2. The number of benzene rings is 1. The van der Waals surface area contributed by atoms with Gasteiger partial charge in [0.2, 0.25) is 0 Å². The Hall–Kier alpha value is -2.77. The van der Waals surface area contributed by atoms with Crippen LogP contribution in [0.2, 0.25) is 0 Å². The van der Waals surface area contributed by atoms with Crippen molar-refractivity contribution in [2.75, 3.05) is 13.2 Å². The Labute approximate surface area is 126 Å². The molecule has 0 bridgehead atoms. The van der Waals surface area contributed by atoms with Gasteiger partial charge >= 0.3 is 17.9 Å². The van der Waals surface area contributed by atoms with Crippen LogP contribution in [-0.2, 0) is 19.1 Å². The third-order valence-electron chi connectivity index (χ3n) is 2.40. The van der Waals surface area contributed by atoms with Crippen LogP contribution in [0.3, 0.4) is 0 Å². The summed E-state index contributed by atoms with van der Waals surface area (Å²) >= 11 is 0. The zero-order chi connectivity index (χ0) is 16.5. The monoisotopic (exact) mass is 308 g/mol. The summed E-state index contributed by atoms with van der Waals surface area (Å²) in [5, 5.41) is 16.2. The van der Waals surface area contributed by atoms with Gasteiger partial charge in [-0.2, -0.15) is 10.2 Å². The quantitative estimate of drug-likeness (QED) is 0.468. The second kappa shape index (κ2) is 8.50. The molecule has 1 rings (SSSR count). The molecule has 0 aromatic heterocycles. The van der Waals surface area contributed by atoms with Gasteiger partial charge in [-0.1, -0.05) is 6.07 Å². The van der Waals surface area contributed by atoms with E-state index in [0.717, 1.165) is 0 Å². The lowest BCUT2D eigenvalue weighted by molar-refractivity contribution is -0.156. The number of rotatable bonds is 7. The highest BCUT2D eigenvalue weighted by atomic mass is 16.6. The highest BCUT2D eigenvalue weighted by molar-refractivity contribution is 5.99. The number of carboxylic acid groups (broad SMARTS) is 1. The van der Waals surface area contributed by atoms with Crippen LogP contribution in [0.15, 0.2) is 34.5 Å². The molecular weight excluding hydrogens is 292 g/mol. The number of aromatic carboxylic acids is 1. The van der Waals surface area contributed by atoms with E-state index in [9.17, 15) is 14.4 Å². The van der Waals surface area contributed by atoms with E-state index in [0.29, 0.717) is 0 Å². The number of carboxylic acids is 1. The molecule has 0 amide bonds. The first kappa shape index (κ1) is 17.3. The van der Waals surface area contributed by atoms with Crippen LogP contribution in [0.1, 0.15) is 24.2 Å². The normalized spacial score (nSPS) is 10.7. The summed E-state index contributed by atoms with van der Waals surface area (Å²) in [5.74, 6) is -2.87. The molecule has 0 radical (unpaired) electrons. The fourth-order valence-electron chi connectivity index (χ4n) is 1.46. The molecule has 118 valence electrons. The Morgan fingerprint density at radius 2 is 1.73 bits per heavy atom. The number of hydrogen-bond donors (Lipinski definition) is 1. The molecule has 0 saturated carbocycles. The molecule has 0 aliphatic carbocycles. The van der Waals surface area contributed by atoms with Crippen molar-refractivity contribution in [3.63, 3.8) is 0 Å². The van der Waals surface area contributed by atoms with Crippen LogP contribution < -0.4 is 0 Å². The third kappa shape index (κ3) is 4.97. The molecule has 0 aliphatic rings. The number of azo groups is 1. The van der Waals surface area contributed by atoms with Crippen LogP contribution in [-0.4, -0.2) is 42.3 Å². The Kier molecular flexibility index (Phi) is 6.68. The molecule has 1 N–H and O–H groups in total. The minimum atomic E-state index is -1.53. The maximum atomic E-state index is 11.7. The van der Waals surface area contributed by atoms with Crippen LogP contribution in [0, 0.1) is 0 Å². The SMILES string of the molecule is CCOC(=O)C(N=Nc1cccc(C(=O)O)c1)C(=O)OCC. The first-order valence-electron chi connectivity index (χ1n) is 6.57. The molecule has 1 aromatic rings. The Balaban J connectivity index is 2.97. The van der Waals surface area contributed by atoms with Crippen LogP contribution in [0.25, 0.3) is 0 Å². The van der Waals surface area contributed by atoms with Gasteiger partial charge in [-0.05, 0) is 32.0 Å². The van der Waals surface area contributed by atoms with E-state index in [1.807, 2.05) is 0 Å². The average molecular weight is 308 g/mol. The largest absolute Gasteiger partial charge is 0.478 e. The number of carbonyl (C=O) groups excluding carboxylic acids is 2. The maximum absolute atomic E-state index is 11.7.